The van der Waals surface area contributed by atoms with E-state index in [1.54, 1.807) is 0 Å². The number of benzene rings is 3. The molecule has 0 N–H and O–H groups in total. The number of imide groups is 1. The lowest BCUT2D eigenvalue weighted by atomic mass is 9.60. The molecule has 1 heterocycles. The minimum absolute atomic E-state index is 0.0258. The van der Waals surface area contributed by atoms with Gasteiger partial charge in [-0.15, -0.1) is 0 Å². The second kappa shape index (κ2) is 8.71. The summed E-state index contributed by atoms with van der Waals surface area (Å²) in [6, 6.07) is 22.9. The number of hydrogen-bond acceptors (Lipinski definition) is 5. The molecular weight excluding hydrogens is 516 g/mol. The molecule has 2 fully saturated rings. The van der Waals surface area contributed by atoms with Crippen molar-refractivity contribution in [3.63, 3.8) is 0 Å². The van der Waals surface area contributed by atoms with Crippen molar-refractivity contribution in [3.05, 3.63) is 105 Å². The molecule has 4 atom stereocenters. The molecule has 0 radical (unpaired) electrons. The number of rotatable bonds is 6. The number of fused-ring (bicyclic) bond motifs is 5. The summed E-state index contributed by atoms with van der Waals surface area (Å²) >= 11 is 6.43. The number of carbonyl (C=O) groups is 3. The van der Waals surface area contributed by atoms with E-state index in [9.17, 15) is 24.5 Å². The SMILES string of the molecule is CC[C@]12C(=O)[C@](CC)(C(c3ccccc3)=C1c1ccccc1)[C@@H]1C(=O)N(c3cc([N+](=O)[O-])ccc3Cl)C(=O)[C@H]12. The van der Waals surface area contributed by atoms with Gasteiger partial charge in [-0.3, -0.25) is 24.5 Å². The van der Waals surface area contributed by atoms with Crippen LogP contribution in [0.1, 0.15) is 37.8 Å². The largest absolute Gasteiger partial charge is 0.298 e. The van der Waals surface area contributed by atoms with Gasteiger partial charge in [0.1, 0.15) is 0 Å². The number of carbonyl (C=O) groups excluding carboxylic acids is 3. The van der Waals surface area contributed by atoms with Crippen LogP contribution in [0.5, 0.6) is 0 Å². The number of Topliss-reactive ketones (excluding diaryl/α,β-unsaturated/α-hetero) is 1. The van der Waals surface area contributed by atoms with E-state index in [0.717, 1.165) is 33.2 Å². The first kappa shape index (κ1) is 25.2. The maximum atomic E-state index is 14.7. The normalized spacial score (nSPS) is 27.5. The van der Waals surface area contributed by atoms with Gasteiger partial charge >= 0.3 is 0 Å². The van der Waals surface area contributed by atoms with Gasteiger partial charge in [0.25, 0.3) is 5.69 Å². The van der Waals surface area contributed by atoms with Gasteiger partial charge in [-0.1, -0.05) is 86.1 Å². The van der Waals surface area contributed by atoms with E-state index in [4.69, 9.17) is 11.6 Å². The van der Waals surface area contributed by atoms with Crippen molar-refractivity contribution < 1.29 is 19.3 Å². The fourth-order valence-electron chi connectivity index (χ4n) is 7.48. The van der Waals surface area contributed by atoms with E-state index in [2.05, 4.69) is 0 Å². The predicted molar refractivity (Wildman–Crippen MR) is 148 cm³/mol. The number of nitrogens with zero attached hydrogens (tertiary/aromatic N) is 2. The lowest BCUT2D eigenvalue weighted by Gasteiger charge is -2.38. The molecule has 1 saturated heterocycles. The summed E-state index contributed by atoms with van der Waals surface area (Å²) < 4.78 is 0. The number of non-ortho nitro benzene ring substituents is 1. The summed E-state index contributed by atoms with van der Waals surface area (Å²) in [6.45, 7) is 3.77. The second-order valence-corrected chi connectivity index (χ2v) is 10.7. The maximum Gasteiger partial charge on any atom is 0.271 e. The van der Waals surface area contributed by atoms with Gasteiger partial charge in [-0.05, 0) is 41.2 Å². The topological polar surface area (TPSA) is 97.6 Å². The highest BCUT2D eigenvalue weighted by atomic mass is 35.5. The molecule has 7 nitrogen and oxygen atoms in total. The number of halogens is 1. The monoisotopic (exact) mass is 540 g/mol. The highest BCUT2D eigenvalue weighted by Gasteiger charge is 2.80. The van der Waals surface area contributed by atoms with E-state index in [0.29, 0.717) is 12.8 Å². The van der Waals surface area contributed by atoms with Crippen molar-refractivity contribution in [2.45, 2.75) is 26.7 Å². The summed E-state index contributed by atoms with van der Waals surface area (Å²) in [5.74, 6) is -3.07. The van der Waals surface area contributed by atoms with Gasteiger partial charge in [0, 0.05) is 12.1 Å². The predicted octanol–water partition coefficient (Wildman–Crippen LogP) is 6.35. The van der Waals surface area contributed by atoms with Crippen LogP contribution < -0.4 is 4.90 Å². The number of allylic oxidation sites excluding steroid dienone is 2. The molecule has 1 saturated carbocycles. The standard InChI is InChI=1S/C31H25ClN2O5/c1-3-30-23(18-11-7-5-8-12-18)24(19-13-9-6-10-14-19)31(4-2,29(30)37)26-25(30)27(35)33(28(26)36)22-17-20(34(38)39)15-16-21(22)32/h5-17,25-26H,3-4H2,1-2H3/t25-,26-,30-,31+/m0/s1. The number of ketones is 1. The van der Waals surface area contributed by atoms with Crippen LogP contribution in [0.15, 0.2) is 78.9 Å². The Bertz CT molecular complexity index is 1520. The van der Waals surface area contributed by atoms with Crippen molar-refractivity contribution in [1.82, 2.24) is 0 Å². The zero-order valence-electron chi connectivity index (χ0n) is 21.4. The first-order chi connectivity index (χ1) is 18.8. The summed E-state index contributed by atoms with van der Waals surface area (Å²) in [4.78, 5) is 55.2. The minimum atomic E-state index is -1.23. The molecule has 0 aromatic heterocycles. The van der Waals surface area contributed by atoms with E-state index >= 15 is 0 Å². The third-order valence-electron chi connectivity index (χ3n) is 8.94. The Kier molecular flexibility index (Phi) is 5.63. The molecule has 3 aliphatic rings. The number of nitro groups is 1. The summed E-state index contributed by atoms with van der Waals surface area (Å²) in [5.41, 5.74) is 0.483. The number of amides is 2. The Labute approximate surface area is 230 Å². The summed E-state index contributed by atoms with van der Waals surface area (Å²) in [6.07, 6.45) is 0.648. The van der Waals surface area contributed by atoms with Crippen molar-refractivity contribution >= 4 is 51.7 Å². The quantitative estimate of drug-likeness (QED) is 0.206. The molecule has 3 aromatic carbocycles. The molecule has 3 aromatic rings. The first-order valence-corrected chi connectivity index (χ1v) is 13.4. The van der Waals surface area contributed by atoms with E-state index in [1.807, 2.05) is 74.5 Å². The van der Waals surface area contributed by atoms with Crippen LogP contribution >= 0.6 is 11.6 Å². The molecule has 39 heavy (non-hydrogen) atoms. The summed E-state index contributed by atoms with van der Waals surface area (Å²) in [5, 5.41) is 11.6. The highest BCUT2D eigenvalue weighted by Crippen LogP contribution is 2.75. The van der Waals surface area contributed by atoms with Gasteiger partial charge in [-0.2, -0.15) is 0 Å². The molecule has 8 heteroatoms. The molecule has 6 rings (SSSR count). The first-order valence-electron chi connectivity index (χ1n) is 13.0. The van der Waals surface area contributed by atoms with Crippen molar-refractivity contribution in [1.29, 1.82) is 0 Å². The third-order valence-corrected chi connectivity index (χ3v) is 9.26. The van der Waals surface area contributed by atoms with E-state index in [-0.39, 0.29) is 22.2 Å². The third kappa shape index (κ3) is 3.02. The van der Waals surface area contributed by atoms with Gasteiger partial charge in [0.15, 0.2) is 5.78 Å². The fourth-order valence-corrected chi connectivity index (χ4v) is 7.68. The molecular formula is C31H25ClN2O5. The number of nitro benzene ring substituents is 1. The molecule has 196 valence electrons. The van der Waals surface area contributed by atoms with Gasteiger partial charge in [0.2, 0.25) is 11.8 Å². The number of anilines is 1. The van der Waals surface area contributed by atoms with Crippen LogP contribution in [0, 0.1) is 32.8 Å². The number of hydrogen-bond donors (Lipinski definition) is 0. The Morgan fingerprint density at radius 3 is 1.67 bits per heavy atom. The Morgan fingerprint density at radius 2 is 1.26 bits per heavy atom. The fraction of sp³-hybridized carbons (Fsp3) is 0.258. The van der Waals surface area contributed by atoms with Crippen LogP contribution in [0.2, 0.25) is 5.02 Å². The van der Waals surface area contributed by atoms with Crippen LogP contribution in [0.25, 0.3) is 11.1 Å². The molecule has 1 aliphatic heterocycles. The van der Waals surface area contributed by atoms with Crippen LogP contribution in [0.3, 0.4) is 0 Å². The van der Waals surface area contributed by atoms with Crippen molar-refractivity contribution in [3.8, 4) is 0 Å². The molecule has 0 unspecified atom stereocenters. The van der Waals surface area contributed by atoms with Gasteiger partial charge in [-0.25, -0.2) is 4.90 Å². The van der Waals surface area contributed by atoms with E-state index in [1.165, 1.54) is 12.1 Å². The van der Waals surface area contributed by atoms with Gasteiger partial charge < -0.3 is 0 Å². The van der Waals surface area contributed by atoms with Crippen LogP contribution in [0.4, 0.5) is 11.4 Å². The Hall–Kier alpha value is -4.10. The van der Waals surface area contributed by atoms with Gasteiger partial charge in [0.05, 0.1) is 38.3 Å². The smallest absolute Gasteiger partial charge is 0.271 e. The zero-order valence-corrected chi connectivity index (χ0v) is 22.1. The molecule has 2 bridgehead atoms. The van der Waals surface area contributed by atoms with Crippen LogP contribution in [-0.4, -0.2) is 22.5 Å². The lowest BCUT2D eigenvalue weighted by molar-refractivity contribution is -0.384. The Morgan fingerprint density at radius 1 is 0.795 bits per heavy atom. The van der Waals surface area contributed by atoms with E-state index < -0.39 is 39.4 Å². The summed E-state index contributed by atoms with van der Waals surface area (Å²) in [7, 11) is 0. The lowest BCUT2D eigenvalue weighted by Crippen LogP contribution is -2.42. The zero-order chi connectivity index (χ0) is 27.7. The van der Waals surface area contributed by atoms with Crippen molar-refractivity contribution in [2.24, 2.45) is 22.7 Å². The molecule has 2 amide bonds. The average molecular weight is 541 g/mol. The minimum Gasteiger partial charge on any atom is -0.298 e. The van der Waals surface area contributed by atoms with Crippen molar-refractivity contribution in [2.75, 3.05) is 4.90 Å². The maximum absolute atomic E-state index is 14.7. The second-order valence-electron chi connectivity index (χ2n) is 10.3. The molecule has 0 spiro atoms. The molecule has 2 aliphatic carbocycles. The van der Waals surface area contributed by atoms with Crippen LogP contribution in [-0.2, 0) is 14.4 Å². The Balaban J connectivity index is 1.66. The average Bonchev–Trinajstić information content (AvgIpc) is 3.45. The highest BCUT2D eigenvalue weighted by molar-refractivity contribution is 6.39.